The number of aromatic nitrogens is 1. The van der Waals surface area contributed by atoms with Gasteiger partial charge in [0.25, 0.3) is 0 Å². The molecule has 0 bridgehead atoms. The predicted molar refractivity (Wildman–Crippen MR) is 129 cm³/mol. The van der Waals surface area contributed by atoms with Crippen molar-refractivity contribution in [2.24, 2.45) is 10.1 Å². The number of carbonyl (C=O) groups is 1. The molecule has 4 N–H and O–H groups in total. The van der Waals surface area contributed by atoms with E-state index >= 15 is 0 Å². The van der Waals surface area contributed by atoms with E-state index in [0.717, 1.165) is 48.1 Å². The van der Waals surface area contributed by atoms with E-state index < -0.39 is 5.97 Å². The molecule has 33 heavy (non-hydrogen) atoms. The molecular weight excluding hydrogens is 490 g/mol. The molecule has 0 radical (unpaired) electrons. The number of benzene rings is 2. The van der Waals surface area contributed by atoms with Crippen molar-refractivity contribution in [3.05, 3.63) is 57.6 Å². The van der Waals surface area contributed by atoms with Gasteiger partial charge in [0.05, 0.1) is 22.3 Å². The lowest BCUT2D eigenvalue weighted by molar-refractivity contribution is 0.0697. The highest BCUT2D eigenvalue weighted by atomic mass is 79.9. The van der Waals surface area contributed by atoms with Gasteiger partial charge in [-0.1, -0.05) is 17.3 Å². The maximum absolute atomic E-state index is 11.6. The smallest absolute Gasteiger partial charge is 0.335 e. The van der Waals surface area contributed by atoms with E-state index in [2.05, 4.69) is 41.3 Å². The molecule has 170 valence electrons. The minimum absolute atomic E-state index is 0.0459. The van der Waals surface area contributed by atoms with Crippen molar-refractivity contribution in [1.82, 2.24) is 15.2 Å². The summed E-state index contributed by atoms with van der Waals surface area (Å²) >= 11 is 3.50. The number of H-pyrrole nitrogens is 1. The van der Waals surface area contributed by atoms with E-state index in [1.807, 2.05) is 18.2 Å². The van der Waals surface area contributed by atoms with Gasteiger partial charge in [-0.15, -0.1) is 0 Å². The second-order valence-electron chi connectivity index (χ2n) is 7.87. The number of rotatable bonds is 6. The number of para-hydroxylation sites is 1. The zero-order valence-electron chi connectivity index (χ0n) is 17.6. The van der Waals surface area contributed by atoms with Gasteiger partial charge in [-0.25, -0.2) is 9.79 Å². The monoisotopic (exact) mass is 511 g/mol. The lowest BCUT2D eigenvalue weighted by Gasteiger charge is -2.26. The van der Waals surface area contributed by atoms with Gasteiger partial charge in [0.1, 0.15) is 18.0 Å². The molecule has 9 nitrogen and oxygen atoms in total. The molecule has 0 amide bonds. The Labute approximate surface area is 197 Å². The van der Waals surface area contributed by atoms with Gasteiger partial charge in [-0.2, -0.15) is 0 Å². The highest BCUT2D eigenvalue weighted by Crippen LogP contribution is 2.38. The molecule has 0 unspecified atom stereocenters. The van der Waals surface area contributed by atoms with Crippen molar-refractivity contribution in [2.75, 3.05) is 39.3 Å². The number of aromatic carboxylic acids is 1. The van der Waals surface area contributed by atoms with Crippen LogP contribution >= 0.6 is 15.9 Å². The van der Waals surface area contributed by atoms with E-state index in [0.29, 0.717) is 34.8 Å². The van der Waals surface area contributed by atoms with Crippen molar-refractivity contribution < 1.29 is 19.8 Å². The molecular formula is C23H22BrN5O4. The van der Waals surface area contributed by atoms with Crippen molar-refractivity contribution >= 4 is 49.9 Å². The lowest BCUT2D eigenvalue weighted by Crippen LogP contribution is -2.44. The Morgan fingerprint density at radius 2 is 2.06 bits per heavy atom. The van der Waals surface area contributed by atoms with Crippen LogP contribution in [0.2, 0.25) is 0 Å². The van der Waals surface area contributed by atoms with Crippen molar-refractivity contribution in [3.8, 4) is 5.88 Å². The number of oxime groups is 1. The third-order valence-corrected chi connectivity index (χ3v) is 6.48. The van der Waals surface area contributed by atoms with Crippen LogP contribution in [-0.4, -0.2) is 76.8 Å². The topological polar surface area (TPSA) is 123 Å². The highest BCUT2D eigenvalue weighted by Gasteiger charge is 2.30. The molecule has 1 fully saturated rings. The molecule has 2 aliphatic rings. The second-order valence-corrected chi connectivity index (χ2v) is 8.73. The molecule has 2 aliphatic heterocycles. The molecule has 5 rings (SSSR count). The minimum atomic E-state index is -1.04. The van der Waals surface area contributed by atoms with Crippen LogP contribution in [0.15, 0.2) is 51.0 Å². The van der Waals surface area contributed by atoms with E-state index in [1.165, 1.54) is 12.1 Å². The number of aliphatic imine (C=N–C) groups is 1. The Morgan fingerprint density at radius 3 is 2.85 bits per heavy atom. The van der Waals surface area contributed by atoms with Crippen LogP contribution in [0.5, 0.6) is 5.88 Å². The summed E-state index contributed by atoms with van der Waals surface area (Å²) in [7, 11) is 0. The number of fused-ring (bicyclic) bond motifs is 2. The third-order valence-electron chi connectivity index (χ3n) is 5.82. The van der Waals surface area contributed by atoms with Gasteiger partial charge in [-0.3, -0.25) is 4.90 Å². The SMILES string of the molecule is O=C(O)c1ccc2c(c1)/C(=N\OCCN1CCNCC1)C(c1c(O)[nH]c3c(Br)cccc13)=N2. The van der Waals surface area contributed by atoms with Crippen LogP contribution in [0, 0.1) is 0 Å². The van der Waals surface area contributed by atoms with Crippen molar-refractivity contribution in [3.63, 3.8) is 0 Å². The summed E-state index contributed by atoms with van der Waals surface area (Å²) in [6.07, 6.45) is 0. The largest absolute Gasteiger partial charge is 0.494 e. The first-order valence-corrected chi connectivity index (χ1v) is 11.4. The van der Waals surface area contributed by atoms with Crippen molar-refractivity contribution in [1.29, 1.82) is 0 Å². The summed E-state index contributed by atoms with van der Waals surface area (Å²) in [5.41, 5.74) is 3.29. The minimum Gasteiger partial charge on any atom is -0.494 e. The van der Waals surface area contributed by atoms with Crippen molar-refractivity contribution in [2.45, 2.75) is 0 Å². The first kappa shape index (κ1) is 21.6. The third kappa shape index (κ3) is 4.12. The maximum atomic E-state index is 11.6. The Balaban J connectivity index is 1.51. The van der Waals surface area contributed by atoms with Crippen LogP contribution in [0.3, 0.4) is 0 Å². The number of carboxylic acid groups (broad SMARTS) is 1. The quantitative estimate of drug-likeness (QED) is 0.298. The molecule has 10 heteroatoms. The predicted octanol–water partition coefficient (Wildman–Crippen LogP) is 3.09. The van der Waals surface area contributed by atoms with Crippen LogP contribution in [-0.2, 0) is 4.84 Å². The average Bonchev–Trinajstić information content (AvgIpc) is 3.34. The number of nitrogens with one attached hydrogen (secondary N) is 2. The summed E-state index contributed by atoms with van der Waals surface area (Å²) in [5, 5.41) is 28.7. The summed E-state index contributed by atoms with van der Waals surface area (Å²) in [4.78, 5) is 27.2. The van der Waals surface area contributed by atoms with Crippen LogP contribution in [0.4, 0.5) is 5.69 Å². The zero-order chi connectivity index (χ0) is 22.9. The molecule has 1 aromatic heterocycles. The first-order chi connectivity index (χ1) is 16.0. The van der Waals surface area contributed by atoms with Gasteiger partial charge >= 0.3 is 5.97 Å². The van der Waals surface area contributed by atoms with Gasteiger partial charge < -0.3 is 25.4 Å². The Bertz CT molecular complexity index is 1290. The summed E-state index contributed by atoms with van der Waals surface area (Å²) in [6, 6.07) is 10.3. The average molecular weight is 512 g/mol. The number of nitrogens with zero attached hydrogens (tertiary/aromatic N) is 3. The lowest BCUT2D eigenvalue weighted by atomic mass is 9.99. The number of hydrogen-bond donors (Lipinski definition) is 4. The van der Waals surface area contributed by atoms with Gasteiger partial charge in [0.15, 0.2) is 5.88 Å². The second kappa shape index (κ2) is 8.97. The molecule has 0 saturated carbocycles. The maximum Gasteiger partial charge on any atom is 0.335 e. The van der Waals surface area contributed by atoms with Gasteiger partial charge in [0.2, 0.25) is 0 Å². The molecule has 0 spiro atoms. The summed E-state index contributed by atoms with van der Waals surface area (Å²) < 4.78 is 0.802. The Kier molecular flexibility index (Phi) is 5.88. The highest BCUT2D eigenvalue weighted by molar-refractivity contribution is 9.10. The van der Waals surface area contributed by atoms with E-state index in [1.54, 1.807) is 6.07 Å². The number of carboxylic acids is 1. The summed E-state index contributed by atoms with van der Waals surface area (Å²) in [6.45, 7) is 4.93. The first-order valence-electron chi connectivity index (χ1n) is 10.6. The van der Waals surface area contributed by atoms with E-state index in [9.17, 15) is 15.0 Å². The van der Waals surface area contributed by atoms with Gasteiger partial charge in [-0.05, 0) is 40.2 Å². The summed E-state index contributed by atoms with van der Waals surface area (Å²) in [5.74, 6) is -1.08. The van der Waals surface area contributed by atoms with Gasteiger partial charge in [0, 0.05) is 48.1 Å². The number of aromatic hydroxyl groups is 1. The number of halogens is 1. The number of piperazine rings is 1. The van der Waals surface area contributed by atoms with Crippen LogP contribution in [0.1, 0.15) is 21.5 Å². The molecule has 0 aliphatic carbocycles. The fraction of sp³-hybridized carbons (Fsp3) is 0.261. The molecule has 2 aromatic carbocycles. The standard InChI is InChI=1S/C23H22BrN5O4/c24-16-3-1-2-14-18(22(30)27-19(14)16)21-20(28-33-11-10-29-8-6-25-7-9-29)15-12-13(23(31)32)4-5-17(15)26-21/h1-5,12,25,27,30H,6-11H2,(H,31,32)/b28-20+. The molecule has 0 atom stereocenters. The molecule has 1 saturated heterocycles. The fourth-order valence-electron chi connectivity index (χ4n) is 4.15. The van der Waals surface area contributed by atoms with Crippen LogP contribution in [0.25, 0.3) is 10.9 Å². The normalized spacial score (nSPS) is 17.4. The van der Waals surface area contributed by atoms with E-state index in [4.69, 9.17) is 4.84 Å². The number of hydrogen-bond acceptors (Lipinski definition) is 7. The Hall–Kier alpha value is -3.21. The van der Waals surface area contributed by atoms with E-state index in [-0.39, 0.29) is 11.4 Å². The molecule has 3 heterocycles. The fourth-order valence-corrected chi connectivity index (χ4v) is 4.61. The zero-order valence-corrected chi connectivity index (χ0v) is 19.2. The molecule has 3 aromatic rings. The van der Waals surface area contributed by atoms with Crippen LogP contribution < -0.4 is 5.32 Å². The number of aromatic amines is 1. The Morgan fingerprint density at radius 1 is 1.24 bits per heavy atom.